The summed E-state index contributed by atoms with van der Waals surface area (Å²) in [6, 6.07) is 5.95. The highest BCUT2D eigenvalue weighted by atomic mass is 16.3. The molecule has 0 fully saturated rings. The molecular weight excluding hydrogens is 256 g/mol. The molecule has 0 saturated carbocycles. The second-order valence-corrected chi connectivity index (χ2v) is 4.21. The molecule has 0 aliphatic rings. The van der Waals surface area contributed by atoms with Gasteiger partial charge in [0, 0.05) is 18.3 Å². The average Bonchev–Trinajstić information content (AvgIpc) is 2.47. The molecule has 2 aromatic rings. The van der Waals surface area contributed by atoms with E-state index in [1.807, 2.05) is 13.8 Å². The smallest absolute Gasteiger partial charge is 0.335 e. The molecule has 0 spiro atoms. The van der Waals surface area contributed by atoms with Gasteiger partial charge in [-0.3, -0.25) is 4.79 Å². The number of aromatic hydroxyl groups is 1. The Morgan fingerprint density at radius 1 is 1.00 bits per heavy atom. The molecule has 1 heterocycles. The lowest BCUT2D eigenvalue weighted by atomic mass is 10.2. The quantitative estimate of drug-likeness (QED) is 0.865. The summed E-state index contributed by atoms with van der Waals surface area (Å²) >= 11 is 0. The normalized spacial score (nSPS) is 9.85. The molecule has 0 radical (unpaired) electrons. The van der Waals surface area contributed by atoms with Crippen molar-refractivity contribution in [3.05, 3.63) is 56.4 Å². The van der Waals surface area contributed by atoms with E-state index in [1.165, 1.54) is 28.8 Å². The minimum atomic E-state index is -0.395. The number of nitrogens with zero attached hydrogens (tertiary/aromatic N) is 2. The Morgan fingerprint density at radius 2 is 1.50 bits per heavy atom. The lowest BCUT2D eigenvalue weighted by Gasteiger charge is -2.12. The van der Waals surface area contributed by atoms with Crippen molar-refractivity contribution in [3.8, 4) is 11.4 Å². The molecule has 108 valence electrons. The zero-order valence-electron chi connectivity index (χ0n) is 12.5. The van der Waals surface area contributed by atoms with Crippen LogP contribution in [0.5, 0.6) is 5.75 Å². The molecule has 2 rings (SSSR count). The Balaban J connectivity index is 0.000000956. The van der Waals surface area contributed by atoms with Crippen LogP contribution in [0.1, 0.15) is 25.1 Å². The summed E-state index contributed by atoms with van der Waals surface area (Å²) in [5.74, 6) is 0.0902. The van der Waals surface area contributed by atoms with Crippen molar-refractivity contribution in [2.75, 3.05) is 0 Å². The third-order valence-corrected chi connectivity index (χ3v) is 3.16. The summed E-state index contributed by atoms with van der Waals surface area (Å²) in [5.41, 5.74) is 0.904. The van der Waals surface area contributed by atoms with Crippen molar-refractivity contribution < 1.29 is 5.11 Å². The van der Waals surface area contributed by atoms with Gasteiger partial charge in [-0.05, 0) is 38.1 Å². The third-order valence-electron chi connectivity index (χ3n) is 3.16. The van der Waals surface area contributed by atoms with Gasteiger partial charge in [0.05, 0.1) is 5.69 Å². The highest BCUT2D eigenvalue weighted by molar-refractivity contribution is 5.37. The van der Waals surface area contributed by atoms with Crippen LogP contribution in [0.4, 0.5) is 0 Å². The van der Waals surface area contributed by atoms with Crippen LogP contribution in [0.3, 0.4) is 0 Å². The van der Waals surface area contributed by atoms with Crippen LogP contribution >= 0.6 is 0 Å². The molecule has 1 aromatic carbocycles. The van der Waals surface area contributed by atoms with Crippen molar-refractivity contribution in [3.63, 3.8) is 0 Å². The highest BCUT2D eigenvalue weighted by Crippen LogP contribution is 2.11. The topological polar surface area (TPSA) is 64.2 Å². The Hall–Kier alpha value is -2.30. The molecule has 0 atom stereocenters. The van der Waals surface area contributed by atoms with E-state index in [9.17, 15) is 14.7 Å². The van der Waals surface area contributed by atoms with E-state index >= 15 is 0 Å². The number of phenols is 1. The van der Waals surface area contributed by atoms with Crippen molar-refractivity contribution in [1.29, 1.82) is 0 Å². The van der Waals surface area contributed by atoms with Crippen LogP contribution in [0.2, 0.25) is 0 Å². The zero-order valence-corrected chi connectivity index (χ0v) is 12.5. The molecule has 20 heavy (non-hydrogen) atoms. The van der Waals surface area contributed by atoms with Crippen LogP contribution < -0.4 is 11.2 Å². The first-order valence-corrected chi connectivity index (χ1v) is 6.52. The number of hydrogen-bond acceptors (Lipinski definition) is 3. The molecule has 0 unspecified atom stereocenters. The average molecular weight is 276 g/mol. The summed E-state index contributed by atoms with van der Waals surface area (Å²) in [7, 11) is 1.63. The van der Waals surface area contributed by atoms with Crippen LogP contribution in [0, 0.1) is 13.8 Å². The first-order chi connectivity index (χ1) is 9.43. The van der Waals surface area contributed by atoms with E-state index in [2.05, 4.69) is 0 Å². The fourth-order valence-corrected chi connectivity index (χ4v) is 1.78. The SMILES string of the molecule is CC.Cc1c(C)n(C)c(=O)n(-c2ccc(O)cc2)c1=O. The maximum absolute atomic E-state index is 12.1. The predicted molar refractivity (Wildman–Crippen MR) is 79.8 cm³/mol. The van der Waals surface area contributed by atoms with Gasteiger partial charge >= 0.3 is 5.69 Å². The predicted octanol–water partition coefficient (Wildman–Crippen LogP) is 1.88. The van der Waals surface area contributed by atoms with E-state index < -0.39 is 5.69 Å². The summed E-state index contributed by atoms with van der Waals surface area (Å²) < 4.78 is 2.53. The lowest BCUT2D eigenvalue weighted by Crippen LogP contribution is -2.40. The lowest BCUT2D eigenvalue weighted by molar-refractivity contribution is 0.475. The second kappa shape index (κ2) is 6.23. The largest absolute Gasteiger partial charge is 0.508 e. The number of rotatable bonds is 1. The van der Waals surface area contributed by atoms with Crippen LogP contribution in [-0.4, -0.2) is 14.2 Å². The van der Waals surface area contributed by atoms with Gasteiger partial charge < -0.3 is 9.67 Å². The molecule has 5 nitrogen and oxygen atoms in total. The molecule has 0 bridgehead atoms. The van der Waals surface area contributed by atoms with Gasteiger partial charge in [0.15, 0.2) is 0 Å². The molecule has 5 heteroatoms. The molecule has 0 amide bonds. The monoisotopic (exact) mass is 276 g/mol. The third kappa shape index (κ3) is 2.66. The Morgan fingerprint density at radius 3 is 2.00 bits per heavy atom. The molecule has 0 aliphatic carbocycles. The molecular formula is C15H20N2O3. The molecule has 1 aromatic heterocycles. The van der Waals surface area contributed by atoms with Crippen LogP contribution in [0.25, 0.3) is 5.69 Å². The van der Waals surface area contributed by atoms with Gasteiger partial charge in [-0.25, -0.2) is 9.36 Å². The van der Waals surface area contributed by atoms with E-state index in [4.69, 9.17) is 0 Å². The summed E-state index contributed by atoms with van der Waals surface area (Å²) in [6.45, 7) is 7.42. The van der Waals surface area contributed by atoms with Crippen molar-refractivity contribution >= 4 is 0 Å². The number of phenolic OH excluding ortho intramolecular Hbond substituents is 1. The molecule has 1 N–H and O–H groups in total. The first kappa shape index (κ1) is 15.8. The second-order valence-electron chi connectivity index (χ2n) is 4.21. The van der Waals surface area contributed by atoms with Gasteiger partial charge in [0.25, 0.3) is 5.56 Å². The van der Waals surface area contributed by atoms with E-state index in [-0.39, 0.29) is 11.3 Å². The summed E-state index contributed by atoms with van der Waals surface area (Å²) in [4.78, 5) is 24.2. The Labute approximate surface area is 117 Å². The van der Waals surface area contributed by atoms with Crippen molar-refractivity contribution in [2.24, 2.45) is 7.05 Å². The molecule has 0 aliphatic heterocycles. The van der Waals surface area contributed by atoms with Gasteiger partial charge in [-0.2, -0.15) is 0 Å². The molecule has 0 saturated heterocycles. The van der Waals surface area contributed by atoms with Gasteiger partial charge in [-0.1, -0.05) is 13.8 Å². The Bertz CT molecular complexity index is 672. The van der Waals surface area contributed by atoms with Crippen molar-refractivity contribution in [1.82, 2.24) is 9.13 Å². The minimum absolute atomic E-state index is 0.0902. The highest BCUT2D eigenvalue weighted by Gasteiger charge is 2.12. The van der Waals surface area contributed by atoms with E-state index in [1.54, 1.807) is 20.9 Å². The van der Waals surface area contributed by atoms with Crippen molar-refractivity contribution in [2.45, 2.75) is 27.7 Å². The minimum Gasteiger partial charge on any atom is -0.508 e. The number of hydrogen-bond donors (Lipinski definition) is 1. The summed E-state index contributed by atoms with van der Waals surface area (Å²) in [6.07, 6.45) is 0. The summed E-state index contributed by atoms with van der Waals surface area (Å²) in [5, 5.41) is 9.22. The number of benzene rings is 1. The van der Waals surface area contributed by atoms with E-state index in [0.717, 1.165) is 4.57 Å². The maximum Gasteiger partial charge on any atom is 0.335 e. The standard InChI is InChI=1S/C13H14N2O3.C2H6/c1-8-9(2)14(3)13(18)15(12(8)17)10-4-6-11(16)7-5-10;1-2/h4-7,16H,1-3H3;1-2H3. The number of aromatic nitrogens is 2. The zero-order chi connectivity index (χ0) is 15.4. The van der Waals surface area contributed by atoms with Crippen LogP contribution in [0.15, 0.2) is 33.9 Å². The fourth-order valence-electron chi connectivity index (χ4n) is 1.78. The maximum atomic E-state index is 12.1. The van der Waals surface area contributed by atoms with Gasteiger partial charge in [-0.15, -0.1) is 0 Å². The van der Waals surface area contributed by atoms with Crippen LogP contribution in [-0.2, 0) is 7.05 Å². The van der Waals surface area contributed by atoms with E-state index in [0.29, 0.717) is 16.9 Å². The van der Waals surface area contributed by atoms with Gasteiger partial charge in [0.1, 0.15) is 5.75 Å². The Kier molecular flexibility index (Phi) is 4.91. The fraction of sp³-hybridized carbons (Fsp3) is 0.333. The van der Waals surface area contributed by atoms with Gasteiger partial charge in [0.2, 0.25) is 0 Å². The first-order valence-electron chi connectivity index (χ1n) is 6.52.